The molecular formula is C19H18FN3O. The van der Waals surface area contributed by atoms with E-state index < -0.39 is 0 Å². The van der Waals surface area contributed by atoms with Gasteiger partial charge < -0.3 is 9.88 Å². The third kappa shape index (κ3) is 3.68. The second-order valence-corrected chi connectivity index (χ2v) is 5.60. The molecule has 122 valence electrons. The van der Waals surface area contributed by atoms with Gasteiger partial charge in [-0.2, -0.15) is 0 Å². The fourth-order valence-electron chi connectivity index (χ4n) is 2.59. The summed E-state index contributed by atoms with van der Waals surface area (Å²) in [5.41, 5.74) is 2.63. The first-order valence-corrected chi connectivity index (χ1v) is 7.75. The highest BCUT2D eigenvalue weighted by Gasteiger charge is 2.12. The molecule has 2 aromatic heterocycles. The standard InChI is InChI=1S/C19H18FN3O/c1-14(15-4-2-10-21-13-15)22-19(24)12-18-5-3-11-23(18)17-8-6-16(20)7-9-17/h2-11,13-14H,12H2,1H3,(H,22,24). The van der Waals surface area contributed by atoms with Crippen LogP contribution in [0.25, 0.3) is 5.69 Å². The van der Waals surface area contributed by atoms with Gasteiger partial charge in [0, 0.05) is 30.0 Å². The van der Waals surface area contributed by atoms with E-state index in [1.165, 1.54) is 12.1 Å². The molecule has 0 aliphatic heterocycles. The Kier molecular flexibility index (Phi) is 4.70. The third-order valence-electron chi connectivity index (χ3n) is 3.84. The predicted octanol–water partition coefficient (Wildman–Crippen LogP) is 3.43. The Morgan fingerprint density at radius 2 is 2.00 bits per heavy atom. The number of carbonyl (C=O) groups is 1. The molecule has 1 unspecified atom stereocenters. The van der Waals surface area contributed by atoms with Crippen molar-refractivity contribution in [3.8, 4) is 5.69 Å². The van der Waals surface area contributed by atoms with Crippen LogP contribution >= 0.6 is 0 Å². The maximum absolute atomic E-state index is 13.1. The summed E-state index contributed by atoms with van der Waals surface area (Å²) in [5, 5.41) is 2.97. The van der Waals surface area contributed by atoms with Crippen LogP contribution in [0.4, 0.5) is 4.39 Å². The van der Waals surface area contributed by atoms with Gasteiger partial charge in [-0.1, -0.05) is 6.07 Å². The lowest BCUT2D eigenvalue weighted by Crippen LogP contribution is -2.28. The van der Waals surface area contributed by atoms with Crippen LogP contribution in [-0.2, 0) is 11.2 Å². The molecule has 24 heavy (non-hydrogen) atoms. The van der Waals surface area contributed by atoms with Gasteiger partial charge in [-0.05, 0) is 55.0 Å². The number of pyridine rings is 1. The van der Waals surface area contributed by atoms with Gasteiger partial charge in [-0.3, -0.25) is 9.78 Å². The van der Waals surface area contributed by atoms with Crippen LogP contribution < -0.4 is 5.32 Å². The van der Waals surface area contributed by atoms with Crippen LogP contribution in [0.1, 0.15) is 24.2 Å². The van der Waals surface area contributed by atoms with E-state index in [9.17, 15) is 9.18 Å². The van der Waals surface area contributed by atoms with Crippen LogP contribution in [0.2, 0.25) is 0 Å². The number of nitrogens with zero attached hydrogens (tertiary/aromatic N) is 2. The molecule has 1 aromatic carbocycles. The largest absolute Gasteiger partial charge is 0.349 e. The van der Waals surface area contributed by atoms with Crippen molar-refractivity contribution in [2.24, 2.45) is 0 Å². The highest BCUT2D eigenvalue weighted by Crippen LogP contribution is 2.15. The molecule has 3 aromatic rings. The Bertz CT molecular complexity index is 812. The van der Waals surface area contributed by atoms with Gasteiger partial charge in [-0.25, -0.2) is 4.39 Å². The normalized spacial score (nSPS) is 11.9. The van der Waals surface area contributed by atoms with Crippen LogP contribution in [0.3, 0.4) is 0 Å². The summed E-state index contributed by atoms with van der Waals surface area (Å²) in [6.07, 6.45) is 5.55. The number of rotatable bonds is 5. The topological polar surface area (TPSA) is 46.9 Å². The second kappa shape index (κ2) is 7.08. The number of nitrogens with one attached hydrogen (secondary N) is 1. The van der Waals surface area contributed by atoms with E-state index in [4.69, 9.17) is 0 Å². The average Bonchev–Trinajstić information content (AvgIpc) is 3.04. The Hall–Kier alpha value is -2.95. The molecule has 0 bridgehead atoms. The van der Waals surface area contributed by atoms with E-state index in [1.807, 2.05) is 42.0 Å². The summed E-state index contributed by atoms with van der Waals surface area (Å²) in [4.78, 5) is 16.4. The van der Waals surface area contributed by atoms with E-state index in [1.54, 1.807) is 24.5 Å². The molecule has 0 saturated heterocycles. The fraction of sp³-hybridized carbons (Fsp3) is 0.158. The van der Waals surface area contributed by atoms with Gasteiger partial charge in [0.1, 0.15) is 5.82 Å². The maximum Gasteiger partial charge on any atom is 0.226 e. The summed E-state index contributed by atoms with van der Waals surface area (Å²) in [5.74, 6) is -0.357. The number of benzene rings is 1. The summed E-state index contributed by atoms with van der Waals surface area (Å²) in [6, 6.07) is 13.6. The molecule has 4 nitrogen and oxygen atoms in total. The van der Waals surface area contributed by atoms with Crippen molar-refractivity contribution in [3.05, 3.63) is 84.2 Å². The molecule has 5 heteroatoms. The molecular weight excluding hydrogens is 305 g/mol. The number of carbonyl (C=O) groups excluding carboxylic acids is 1. The van der Waals surface area contributed by atoms with Gasteiger partial charge in [0.15, 0.2) is 0 Å². The van der Waals surface area contributed by atoms with Crippen molar-refractivity contribution in [2.45, 2.75) is 19.4 Å². The lowest BCUT2D eigenvalue weighted by molar-refractivity contribution is -0.121. The van der Waals surface area contributed by atoms with Crippen LogP contribution in [0, 0.1) is 5.82 Å². The highest BCUT2D eigenvalue weighted by molar-refractivity contribution is 5.78. The van der Waals surface area contributed by atoms with Gasteiger partial charge >= 0.3 is 0 Å². The van der Waals surface area contributed by atoms with E-state index in [2.05, 4.69) is 10.3 Å². The van der Waals surface area contributed by atoms with Crippen molar-refractivity contribution >= 4 is 5.91 Å². The number of aromatic nitrogens is 2. The zero-order valence-electron chi connectivity index (χ0n) is 13.3. The first-order chi connectivity index (χ1) is 11.6. The smallest absolute Gasteiger partial charge is 0.226 e. The lowest BCUT2D eigenvalue weighted by atomic mass is 10.1. The molecule has 1 amide bonds. The molecule has 0 fully saturated rings. The van der Waals surface area contributed by atoms with E-state index in [-0.39, 0.29) is 24.2 Å². The first-order valence-electron chi connectivity index (χ1n) is 7.75. The highest BCUT2D eigenvalue weighted by atomic mass is 19.1. The molecule has 2 heterocycles. The van der Waals surface area contributed by atoms with Crippen molar-refractivity contribution in [1.82, 2.24) is 14.9 Å². The van der Waals surface area contributed by atoms with Gasteiger partial charge in [0.2, 0.25) is 5.91 Å². The quantitative estimate of drug-likeness (QED) is 0.782. The van der Waals surface area contributed by atoms with Crippen molar-refractivity contribution in [1.29, 1.82) is 0 Å². The molecule has 0 spiro atoms. The minimum atomic E-state index is -0.282. The zero-order valence-corrected chi connectivity index (χ0v) is 13.3. The van der Waals surface area contributed by atoms with Gasteiger partial charge in [0.25, 0.3) is 0 Å². The Morgan fingerprint density at radius 3 is 2.71 bits per heavy atom. The Balaban J connectivity index is 1.69. The molecule has 0 aliphatic carbocycles. The molecule has 0 radical (unpaired) electrons. The summed E-state index contributed by atoms with van der Waals surface area (Å²) < 4.78 is 14.9. The number of halogens is 1. The van der Waals surface area contributed by atoms with Crippen LogP contribution in [-0.4, -0.2) is 15.5 Å². The zero-order chi connectivity index (χ0) is 16.9. The monoisotopic (exact) mass is 323 g/mol. The number of hydrogen-bond donors (Lipinski definition) is 1. The Labute approximate surface area is 140 Å². The summed E-state index contributed by atoms with van der Waals surface area (Å²) in [6.45, 7) is 1.92. The third-order valence-corrected chi connectivity index (χ3v) is 3.84. The second-order valence-electron chi connectivity index (χ2n) is 5.60. The van der Waals surface area contributed by atoms with Crippen molar-refractivity contribution in [3.63, 3.8) is 0 Å². The average molecular weight is 323 g/mol. The summed E-state index contributed by atoms with van der Waals surface area (Å²) >= 11 is 0. The molecule has 0 aliphatic rings. The molecule has 1 N–H and O–H groups in total. The van der Waals surface area contributed by atoms with Crippen LogP contribution in [0.15, 0.2) is 67.1 Å². The predicted molar refractivity (Wildman–Crippen MR) is 90.2 cm³/mol. The van der Waals surface area contributed by atoms with Crippen molar-refractivity contribution in [2.75, 3.05) is 0 Å². The van der Waals surface area contributed by atoms with Crippen LogP contribution in [0.5, 0.6) is 0 Å². The van der Waals surface area contributed by atoms with Crippen molar-refractivity contribution < 1.29 is 9.18 Å². The van der Waals surface area contributed by atoms with Gasteiger partial charge in [0.05, 0.1) is 12.5 Å². The lowest BCUT2D eigenvalue weighted by Gasteiger charge is -2.15. The van der Waals surface area contributed by atoms with E-state index in [0.29, 0.717) is 0 Å². The Morgan fingerprint density at radius 1 is 1.21 bits per heavy atom. The van der Waals surface area contributed by atoms with E-state index >= 15 is 0 Å². The number of amides is 1. The molecule has 0 saturated carbocycles. The van der Waals surface area contributed by atoms with E-state index in [0.717, 1.165) is 16.9 Å². The minimum Gasteiger partial charge on any atom is -0.349 e. The SMILES string of the molecule is CC(NC(=O)Cc1cccn1-c1ccc(F)cc1)c1cccnc1. The fourth-order valence-corrected chi connectivity index (χ4v) is 2.59. The first kappa shape index (κ1) is 15.9. The number of hydrogen-bond acceptors (Lipinski definition) is 2. The van der Waals surface area contributed by atoms with Gasteiger partial charge in [-0.15, -0.1) is 0 Å². The summed E-state index contributed by atoms with van der Waals surface area (Å²) in [7, 11) is 0. The minimum absolute atomic E-state index is 0.0755. The molecule has 1 atom stereocenters. The maximum atomic E-state index is 13.1. The molecule has 3 rings (SSSR count).